The molecule has 0 atom stereocenters. The molecule has 0 unspecified atom stereocenters. The van der Waals surface area contributed by atoms with Crippen molar-refractivity contribution in [3.05, 3.63) is 89.4 Å². The average Bonchev–Trinajstić information content (AvgIpc) is 3.35. The van der Waals surface area contributed by atoms with E-state index in [-0.39, 0.29) is 5.91 Å². The van der Waals surface area contributed by atoms with Gasteiger partial charge in [-0.1, -0.05) is 19.1 Å². The van der Waals surface area contributed by atoms with Crippen LogP contribution in [0.1, 0.15) is 34.2 Å². The first-order valence-corrected chi connectivity index (χ1v) is 12.9. The molecule has 2 aromatic carbocycles. The fourth-order valence-electron chi connectivity index (χ4n) is 4.91. The Bertz CT molecular complexity index is 1440. The number of hydrogen-bond donors (Lipinski definition) is 1. The van der Waals surface area contributed by atoms with Crippen molar-refractivity contribution in [3.8, 4) is 5.75 Å². The predicted molar refractivity (Wildman–Crippen MR) is 145 cm³/mol. The van der Waals surface area contributed by atoms with Crippen LogP contribution in [0.25, 0.3) is 5.65 Å². The molecular weight excluding hydrogens is 507 g/mol. The zero-order valence-electron chi connectivity index (χ0n) is 21.8. The van der Waals surface area contributed by atoms with Gasteiger partial charge in [0.2, 0.25) is 0 Å². The summed E-state index contributed by atoms with van der Waals surface area (Å²) in [5.41, 5.74) is 4.04. The van der Waals surface area contributed by atoms with Crippen molar-refractivity contribution in [2.75, 3.05) is 43.1 Å². The van der Waals surface area contributed by atoms with Crippen LogP contribution in [-0.4, -0.2) is 48.6 Å². The fourth-order valence-corrected chi connectivity index (χ4v) is 4.91. The number of carbonyl (C=O) groups is 1. The third kappa shape index (κ3) is 5.50. The topological polar surface area (TPSA) is 62.1 Å². The summed E-state index contributed by atoms with van der Waals surface area (Å²) in [4.78, 5) is 22.1. The van der Waals surface area contributed by atoms with Crippen LogP contribution in [0.5, 0.6) is 5.75 Å². The quantitative estimate of drug-likeness (QED) is 0.352. The number of carbonyl (C=O) groups excluding carboxylic acids is 1. The number of alkyl halides is 3. The summed E-state index contributed by atoms with van der Waals surface area (Å²) in [7, 11) is 1.58. The maximum Gasteiger partial charge on any atom is 0.416 e. The molecule has 7 nitrogen and oxygen atoms in total. The van der Waals surface area contributed by atoms with Crippen LogP contribution in [-0.2, 0) is 19.1 Å². The Kier molecular flexibility index (Phi) is 7.36. The molecule has 5 rings (SSSR count). The Morgan fingerprint density at radius 2 is 1.54 bits per heavy atom. The average molecular weight is 538 g/mol. The van der Waals surface area contributed by atoms with E-state index in [0.717, 1.165) is 42.2 Å². The molecule has 10 heteroatoms. The number of nitrogens with zero attached hydrogens (tertiary/aromatic N) is 4. The van der Waals surface area contributed by atoms with Crippen LogP contribution in [0, 0.1) is 0 Å². The summed E-state index contributed by atoms with van der Waals surface area (Å²) in [5.74, 6) is 0.415. The molecule has 204 valence electrons. The van der Waals surface area contributed by atoms with E-state index in [0.29, 0.717) is 48.8 Å². The zero-order valence-corrected chi connectivity index (χ0v) is 21.8. The molecule has 1 fully saturated rings. The number of methoxy groups -OCH3 is 1. The molecule has 1 aliphatic rings. The Labute approximate surface area is 224 Å². The maximum atomic E-state index is 13.1. The Hall–Kier alpha value is -4.21. The highest BCUT2D eigenvalue weighted by molar-refractivity contribution is 5.95. The van der Waals surface area contributed by atoms with E-state index in [1.54, 1.807) is 11.5 Å². The van der Waals surface area contributed by atoms with Crippen LogP contribution < -0.4 is 19.9 Å². The molecule has 1 amide bonds. The number of aromatic nitrogens is 2. The second kappa shape index (κ2) is 10.9. The molecule has 0 saturated carbocycles. The highest BCUT2D eigenvalue weighted by Gasteiger charge is 2.30. The first-order valence-electron chi connectivity index (χ1n) is 12.9. The standard InChI is InChI=1S/C29H30F3N5O2/c1-3-24-26(37-14-4-5-25(39-2)27(37)34-24)28(38)33-19-20-6-10-22(11-7-20)35-15-17-36(18-16-35)23-12-8-21(9-13-23)29(30,31)32/h4-14H,3,15-19H2,1-2H3,(H,33,38). The monoisotopic (exact) mass is 537 g/mol. The highest BCUT2D eigenvalue weighted by Crippen LogP contribution is 2.31. The zero-order chi connectivity index (χ0) is 27.6. The molecule has 1 saturated heterocycles. The number of anilines is 2. The summed E-state index contributed by atoms with van der Waals surface area (Å²) < 4.78 is 45.7. The SMILES string of the molecule is CCc1nc2c(OC)cccn2c1C(=O)NCc1ccc(N2CCN(c3ccc(C(F)(F)F)cc3)CC2)cc1. The lowest BCUT2D eigenvalue weighted by atomic mass is 10.1. The molecule has 2 aromatic heterocycles. The summed E-state index contributed by atoms with van der Waals surface area (Å²) >= 11 is 0. The van der Waals surface area contributed by atoms with Crippen molar-refractivity contribution < 1.29 is 22.7 Å². The highest BCUT2D eigenvalue weighted by atomic mass is 19.4. The van der Waals surface area contributed by atoms with Gasteiger partial charge in [0.1, 0.15) is 5.69 Å². The molecule has 0 aliphatic carbocycles. The van der Waals surface area contributed by atoms with Crippen LogP contribution in [0.2, 0.25) is 0 Å². The molecule has 0 spiro atoms. The molecule has 1 aliphatic heterocycles. The van der Waals surface area contributed by atoms with E-state index in [2.05, 4.69) is 20.1 Å². The largest absolute Gasteiger partial charge is 0.493 e. The lowest BCUT2D eigenvalue weighted by Crippen LogP contribution is -2.46. The van der Waals surface area contributed by atoms with Gasteiger partial charge in [-0.3, -0.25) is 9.20 Å². The minimum absolute atomic E-state index is 0.198. The smallest absolute Gasteiger partial charge is 0.416 e. The number of hydrogen-bond acceptors (Lipinski definition) is 5. The number of pyridine rings is 1. The molecule has 0 radical (unpaired) electrons. The van der Waals surface area contributed by atoms with Gasteiger partial charge in [-0.25, -0.2) is 4.98 Å². The first-order chi connectivity index (χ1) is 18.8. The number of amides is 1. The van der Waals surface area contributed by atoms with Crippen molar-refractivity contribution >= 4 is 22.9 Å². The van der Waals surface area contributed by atoms with E-state index >= 15 is 0 Å². The Balaban J connectivity index is 1.18. The lowest BCUT2D eigenvalue weighted by Gasteiger charge is -2.37. The number of halogens is 3. The first kappa shape index (κ1) is 26.4. The normalized spacial score (nSPS) is 14.1. The van der Waals surface area contributed by atoms with E-state index in [1.807, 2.05) is 49.5 Å². The molecular formula is C29H30F3N5O2. The summed E-state index contributed by atoms with van der Waals surface area (Å²) in [5, 5.41) is 3.01. The Morgan fingerprint density at radius 3 is 2.08 bits per heavy atom. The van der Waals surface area contributed by atoms with Gasteiger partial charge < -0.3 is 19.9 Å². The van der Waals surface area contributed by atoms with Crippen LogP contribution >= 0.6 is 0 Å². The molecule has 4 aromatic rings. The van der Waals surface area contributed by atoms with Gasteiger partial charge >= 0.3 is 6.18 Å². The minimum atomic E-state index is -4.33. The Morgan fingerprint density at radius 1 is 0.949 bits per heavy atom. The van der Waals surface area contributed by atoms with Crippen molar-refractivity contribution in [1.29, 1.82) is 0 Å². The van der Waals surface area contributed by atoms with Crippen molar-refractivity contribution in [1.82, 2.24) is 14.7 Å². The fraction of sp³-hybridized carbons (Fsp3) is 0.310. The van der Waals surface area contributed by atoms with Gasteiger partial charge in [-0.05, 0) is 60.5 Å². The van der Waals surface area contributed by atoms with Gasteiger partial charge in [0.15, 0.2) is 11.4 Å². The number of benzene rings is 2. The van der Waals surface area contributed by atoms with Gasteiger partial charge in [-0.2, -0.15) is 13.2 Å². The molecule has 0 bridgehead atoms. The number of rotatable bonds is 7. The number of aryl methyl sites for hydroxylation is 1. The van der Waals surface area contributed by atoms with Gasteiger partial charge in [0.05, 0.1) is 18.4 Å². The summed E-state index contributed by atoms with van der Waals surface area (Å²) in [6.07, 6.45) is -1.90. The van der Waals surface area contributed by atoms with Gasteiger partial charge in [0.25, 0.3) is 5.91 Å². The minimum Gasteiger partial charge on any atom is -0.493 e. The third-order valence-electron chi connectivity index (χ3n) is 7.05. The molecule has 39 heavy (non-hydrogen) atoms. The van der Waals surface area contributed by atoms with Crippen LogP contribution in [0.4, 0.5) is 24.5 Å². The number of imidazole rings is 1. The van der Waals surface area contributed by atoms with E-state index < -0.39 is 11.7 Å². The van der Waals surface area contributed by atoms with E-state index in [9.17, 15) is 18.0 Å². The summed E-state index contributed by atoms with van der Waals surface area (Å²) in [6, 6.07) is 17.0. The van der Waals surface area contributed by atoms with Crippen LogP contribution in [0.3, 0.4) is 0 Å². The number of ether oxygens (including phenoxy) is 1. The van der Waals surface area contributed by atoms with Crippen LogP contribution in [0.15, 0.2) is 66.9 Å². The van der Waals surface area contributed by atoms with Crippen molar-refractivity contribution in [2.24, 2.45) is 0 Å². The second-order valence-electron chi connectivity index (χ2n) is 9.40. The van der Waals surface area contributed by atoms with Crippen molar-refractivity contribution in [2.45, 2.75) is 26.1 Å². The predicted octanol–water partition coefficient (Wildman–Crippen LogP) is 5.18. The molecule has 3 heterocycles. The van der Waals surface area contributed by atoms with Gasteiger partial charge in [0, 0.05) is 50.3 Å². The van der Waals surface area contributed by atoms with Gasteiger partial charge in [-0.15, -0.1) is 0 Å². The third-order valence-corrected chi connectivity index (χ3v) is 7.05. The van der Waals surface area contributed by atoms with E-state index in [1.165, 1.54) is 12.1 Å². The lowest BCUT2D eigenvalue weighted by molar-refractivity contribution is -0.137. The molecule has 1 N–H and O–H groups in total. The maximum absolute atomic E-state index is 13.1. The number of piperazine rings is 1. The number of fused-ring (bicyclic) bond motifs is 1. The van der Waals surface area contributed by atoms with Crippen molar-refractivity contribution in [3.63, 3.8) is 0 Å². The number of nitrogens with one attached hydrogen (secondary N) is 1. The van der Waals surface area contributed by atoms with E-state index in [4.69, 9.17) is 4.74 Å². The summed E-state index contributed by atoms with van der Waals surface area (Å²) in [6.45, 7) is 5.29. The second-order valence-corrected chi connectivity index (χ2v) is 9.40.